The van der Waals surface area contributed by atoms with Crippen LogP contribution >= 0.6 is 23.1 Å². The van der Waals surface area contributed by atoms with Crippen LogP contribution in [0, 0.1) is 5.82 Å². The number of thioether (sulfide) groups is 1. The molecule has 1 atom stereocenters. The number of anilines is 1. The van der Waals surface area contributed by atoms with Crippen LogP contribution in [0.25, 0.3) is 16.5 Å². The smallest absolute Gasteiger partial charge is 0.301 e. The number of amides is 1. The minimum absolute atomic E-state index is 0.00493. The number of methoxy groups -OCH3 is 2. The van der Waals surface area contributed by atoms with E-state index in [9.17, 15) is 19.1 Å². The van der Waals surface area contributed by atoms with Crippen LogP contribution in [0.2, 0.25) is 0 Å². The van der Waals surface area contributed by atoms with Gasteiger partial charge >= 0.3 is 5.91 Å². The highest BCUT2D eigenvalue weighted by Crippen LogP contribution is 2.46. The Balaban J connectivity index is 1.26. The van der Waals surface area contributed by atoms with Gasteiger partial charge in [-0.3, -0.25) is 14.5 Å². The van der Waals surface area contributed by atoms with E-state index in [1.54, 1.807) is 18.2 Å². The van der Waals surface area contributed by atoms with Gasteiger partial charge in [0.25, 0.3) is 5.78 Å². The van der Waals surface area contributed by atoms with Crippen LogP contribution in [-0.4, -0.2) is 41.2 Å². The minimum atomic E-state index is -1.16. The van der Waals surface area contributed by atoms with Crippen molar-refractivity contribution in [3.8, 4) is 17.2 Å². The lowest BCUT2D eigenvalue weighted by Gasteiger charge is -2.23. The first-order valence-corrected chi connectivity index (χ1v) is 17.6. The van der Waals surface area contributed by atoms with E-state index in [2.05, 4.69) is 34.5 Å². The van der Waals surface area contributed by atoms with Crippen molar-refractivity contribution in [2.45, 2.75) is 22.7 Å². The highest BCUT2D eigenvalue weighted by Gasteiger charge is 2.48. The molecule has 6 aromatic rings. The van der Waals surface area contributed by atoms with Crippen LogP contribution in [0.5, 0.6) is 17.2 Å². The zero-order chi connectivity index (χ0) is 35.5. The summed E-state index contributed by atoms with van der Waals surface area (Å²) in [4.78, 5) is 28.8. The summed E-state index contributed by atoms with van der Waals surface area (Å²) in [6.07, 6.45) is 0. The molecule has 1 aliphatic heterocycles. The molecule has 5 aromatic carbocycles. The second-order valence-corrected chi connectivity index (χ2v) is 13.7. The van der Waals surface area contributed by atoms with Crippen LogP contribution in [-0.2, 0) is 21.9 Å². The first-order chi connectivity index (χ1) is 24.9. The number of rotatable bonds is 11. The number of aromatic nitrogens is 2. The molecule has 0 bridgehead atoms. The van der Waals surface area contributed by atoms with Crippen molar-refractivity contribution in [1.29, 1.82) is 0 Å². The predicted octanol–water partition coefficient (Wildman–Crippen LogP) is 8.35. The summed E-state index contributed by atoms with van der Waals surface area (Å²) in [6, 6.07) is 31.5. The Hall–Kier alpha value is -5.72. The van der Waals surface area contributed by atoms with E-state index in [1.807, 2.05) is 48.5 Å². The molecule has 1 aliphatic rings. The number of carbonyl (C=O) groups excluding carboxylic acids is 2. The number of hydrogen-bond acceptors (Lipinski definition) is 10. The number of benzene rings is 5. The third kappa shape index (κ3) is 6.75. The van der Waals surface area contributed by atoms with Crippen molar-refractivity contribution >= 4 is 56.5 Å². The van der Waals surface area contributed by atoms with E-state index in [0.29, 0.717) is 27.2 Å². The fraction of sp³-hybridized carbons (Fsp3) is 0.128. The normalized spacial score (nSPS) is 15.4. The molecule has 0 saturated carbocycles. The number of ketones is 1. The summed E-state index contributed by atoms with van der Waals surface area (Å²) in [5.41, 5.74) is 2.24. The molecule has 2 heterocycles. The van der Waals surface area contributed by atoms with Gasteiger partial charge in [-0.05, 0) is 57.8 Å². The number of aliphatic hydroxyl groups is 1. The van der Waals surface area contributed by atoms with Gasteiger partial charge < -0.3 is 19.3 Å². The zero-order valence-corrected chi connectivity index (χ0v) is 29.0. The monoisotopic (exact) mass is 719 g/mol. The Morgan fingerprint density at radius 3 is 2.39 bits per heavy atom. The Morgan fingerprint density at radius 1 is 0.863 bits per heavy atom. The molecule has 0 spiro atoms. The van der Waals surface area contributed by atoms with Gasteiger partial charge in [0.05, 0.1) is 25.8 Å². The fourth-order valence-electron chi connectivity index (χ4n) is 5.94. The van der Waals surface area contributed by atoms with Crippen molar-refractivity contribution in [2.75, 3.05) is 19.1 Å². The summed E-state index contributed by atoms with van der Waals surface area (Å²) in [6.45, 7) is 0.280. The van der Waals surface area contributed by atoms with Gasteiger partial charge in [-0.1, -0.05) is 102 Å². The number of carbonyl (C=O) groups is 2. The second kappa shape index (κ2) is 14.6. The van der Waals surface area contributed by atoms with Crippen molar-refractivity contribution in [3.05, 3.63) is 143 Å². The number of halogens is 1. The molecule has 0 unspecified atom stereocenters. The lowest BCUT2D eigenvalue weighted by molar-refractivity contribution is -0.132. The van der Waals surface area contributed by atoms with Gasteiger partial charge in [-0.25, -0.2) is 4.39 Å². The van der Waals surface area contributed by atoms with Gasteiger partial charge in [-0.2, -0.15) is 0 Å². The summed E-state index contributed by atoms with van der Waals surface area (Å²) >= 11 is 2.61. The first kappa shape index (κ1) is 33.8. The van der Waals surface area contributed by atoms with E-state index in [-0.39, 0.29) is 28.6 Å². The SMILES string of the molecule is COc1ccc(C(O)=C2C(=O)C(=O)N(c3nnc(SCc4cccc5ccccc45)s3)[C@@H]2c2ccc(OCc3ccccc3)c(OC)c2)cc1F. The molecule has 7 rings (SSSR count). The van der Waals surface area contributed by atoms with E-state index < -0.39 is 29.3 Å². The van der Waals surface area contributed by atoms with E-state index in [1.165, 1.54) is 43.0 Å². The van der Waals surface area contributed by atoms with E-state index in [4.69, 9.17) is 14.2 Å². The zero-order valence-electron chi connectivity index (χ0n) is 27.4. The van der Waals surface area contributed by atoms with Gasteiger partial charge in [0.2, 0.25) is 5.13 Å². The predicted molar refractivity (Wildman–Crippen MR) is 195 cm³/mol. The lowest BCUT2D eigenvalue weighted by Crippen LogP contribution is -2.29. The van der Waals surface area contributed by atoms with Crippen molar-refractivity contribution in [2.24, 2.45) is 0 Å². The third-order valence-corrected chi connectivity index (χ3v) is 10.5. The van der Waals surface area contributed by atoms with Crippen LogP contribution in [0.4, 0.5) is 9.52 Å². The van der Waals surface area contributed by atoms with Crippen LogP contribution in [0.15, 0.2) is 119 Å². The highest BCUT2D eigenvalue weighted by atomic mass is 32.2. The molecule has 1 N–H and O–H groups in total. The maximum Gasteiger partial charge on any atom is 0.301 e. The molecule has 1 amide bonds. The number of Topliss-reactive ketones (excluding diaryl/α,β-unsaturated/α-hetero) is 1. The van der Waals surface area contributed by atoms with Gasteiger partial charge in [0.15, 0.2) is 27.4 Å². The standard InChI is InChI=1S/C39H30FN3O6S2/c1-47-30-17-16-26(19-29(30)40)35(44)33-34(25-15-18-31(32(20-25)48-2)49-21-23-9-4-3-5-10-23)43(37(46)36(33)45)38-41-42-39(51-38)50-22-27-13-8-12-24-11-6-7-14-28(24)27/h3-20,34,44H,21-22H2,1-2H3/t34-/m1/s1. The molecular formula is C39H30FN3O6S2. The summed E-state index contributed by atoms with van der Waals surface area (Å²) < 4.78 is 32.1. The van der Waals surface area contributed by atoms with Crippen LogP contribution in [0.1, 0.15) is 28.3 Å². The topological polar surface area (TPSA) is 111 Å². The molecular weight excluding hydrogens is 690 g/mol. The highest BCUT2D eigenvalue weighted by molar-refractivity contribution is 8.00. The third-order valence-electron chi connectivity index (χ3n) is 8.44. The van der Waals surface area contributed by atoms with E-state index >= 15 is 0 Å². The van der Waals surface area contributed by atoms with Crippen LogP contribution < -0.4 is 19.1 Å². The molecule has 0 aliphatic carbocycles. The number of nitrogens with zero attached hydrogens (tertiary/aromatic N) is 3. The minimum Gasteiger partial charge on any atom is -0.507 e. The van der Waals surface area contributed by atoms with Crippen molar-refractivity contribution in [1.82, 2.24) is 10.2 Å². The maximum absolute atomic E-state index is 14.8. The van der Waals surface area contributed by atoms with E-state index in [0.717, 1.165) is 39.3 Å². The second-order valence-electron chi connectivity index (χ2n) is 11.5. The Morgan fingerprint density at radius 2 is 1.61 bits per heavy atom. The number of hydrogen-bond donors (Lipinski definition) is 1. The summed E-state index contributed by atoms with van der Waals surface area (Å²) in [5, 5.41) is 22.6. The molecule has 0 radical (unpaired) electrons. The number of ether oxygens (including phenoxy) is 3. The molecule has 1 aromatic heterocycles. The molecule has 12 heteroatoms. The summed E-state index contributed by atoms with van der Waals surface area (Å²) in [5.74, 6) is -1.84. The molecule has 1 fully saturated rings. The molecule has 51 heavy (non-hydrogen) atoms. The quantitative estimate of drug-likeness (QED) is 0.0465. The van der Waals surface area contributed by atoms with Crippen molar-refractivity contribution in [3.63, 3.8) is 0 Å². The Bertz CT molecular complexity index is 2290. The molecule has 256 valence electrons. The average molecular weight is 720 g/mol. The van der Waals surface area contributed by atoms with Crippen molar-refractivity contribution < 1.29 is 33.3 Å². The largest absolute Gasteiger partial charge is 0.507 e. The number of fused-ring (bicyclic) bond motifs is 1. The Kier molecular flexibility index (Phi) is 9.69. The average Bonchev–Trinajstić information content (AvgIpc) is 3.74. The Labute approximate surface area is 300 Å². The first-order valence-electron chi connectivity index (χ1n) is 15.8. The fourth-order valence-corrected chi connectivity index (χ4v) is 7.81. The molecule has 9 nitrogen and oxygen atoms in total. The number of aliphatic hydroxyl groups excluding tert-OH is 1. The maximum atomic E-state index is 14.8. The summed E-state index contributed by atoms with van der Waals surface area (Å²) in [7, 11) is 2.80. The lowest BCUT2D eigenvalue weighted by atomic mass is 9.95. The molecule has 1 saturated heterocycles. The van der Waals surface area contributed by atoms with Gasteiger partial charge in [0, 0.05) is 11.3 Å². The van der Waals surface area contributed by atoms with Crippen LogP contribution in [0.3, 0.4) is 0 Å². The van der Waals surface area contributed by atoms with Gasteiger partial charge in [0.1, 0.15) is 12.4 Å². The van der Waals surface area contributed by atoms with Gasteiger partial charge in [-0.15, -0.1) is 10.2 Å².